The summed E-state index contributed by atoms with van der Waals surface area (Å²) < 4.78 is 11.7. The first-order valence-corrected chi connectivity index (χ1v) is 9.70. The smallest absolute Gasteiger partial charge is 0.417 e. The van der Waals surface area contributed by atoms with Crippen molar-refractivity contribution in [2.24, 2.45) is 0 Å². The van der Waals surface area contributed by atoms with Crippen molar-refractivity contribution < 1.29 is 23.9 Å². The topological polar surface area (TPSA) is 94.9 Å². The average molecular weight is 412 g/mol. The van der Waals surface area contributed by atoms with E-state index < -0.39 is 29.1 Å². The molecule has 0 saturated heterocycles. The molecular formula is C22H24N2O6. The maximum absolute atomic E-state index is 13.1. The Morgan fingerprint density at radius 2 is 1.77 bits per heavy atom. The summed E-state index contributed by atoms with van der Waals surface area (Å²) in [6.07, 6.45) is -0.526. The number of amides is 2. The summed E-state index contributed by atoms with van der Waals surface area (Å²) >= 11 is 0. The second-order valence-electron chi connectivity index (χ2n) is 7.80. The Labute approximate surface area is 174 Å². The second-order valence-corrected chi connectivity index (χ2v) is 7.80. The number of imide groups is 1. The molecule has 2 amide bonds. The Kier molecular flexibility index (Phi) is 5.78. The molecule has 0 unspecified atom stereocenters. The van der Waals surface area contributed by atoms with Crippen LogP contribution in [0, 0.1) is 0 Å². The van der Waals surface area contributed by atoms with Crippen LogP contribution in [0.5, 0.6) is 0 Å². The molecule has 1 aromatic carbocycles. The number of nitrogens with zero attached hydrogens (tertiary/aromatic N) is 2. The third-order valence-corrected chi connectivity index (χ3v) is 4.47. The number of benzene rings is 1. The Morgan fingerprint density at radius 3 is 2.37 bits per heavy atom. The zero-order chi connectivity index (χ0) is 22.1. The number of hydrogen-bond donors (Lipinski definition) is 0. The van der Waals surface area contributed by atoms with Gasteiger partial charge in [-0.2, -0.15) is 0 Å². The summed E-state index contributed by atoms with van der Waals surface area (Å²) in [4.78, 5) is 52.1. The highest BCUT2D eigenvalue weighted by atomic mass is 16.6. The molecule has 1 aliphatic rings. The van der Waals surface area contributed by atoms with E-state index in [9.17, 15) is 19.2 Å². The highest BCUT2D eigenvalue weighted by Crippen LogP contribution is 2.23. The van der Waals surface area contributed by atoms with Gasteiger partial charge in [-0.15, -0.1) is 0 Å². The van der Waals surface area contributed by atoms with E-state index in [1.54, 1.807) is 58.0 Å². The minimum atomic E-state index is -0.822. The van der Waals surface area contributed by atoms with Gasteiger partial charge in [-0.25, -0.2) is 14.5 Å². The van der Waals surface area contributed by atoms with Crippen LogP contribution < -0.4 is 5.56 Å². The zero-order valence-corrected chi connectivity index (χ0v) is 17.4. The van der Waals surface area contributed by atoms with Crippen LogP contribution in [0.1, 0.15) is 54.1 Å². The molecule has 0 aliphatic carbocycles. The molecule has 2 heterocycles. The van der Waals surface area contributed by atoms with E-state index in [2.05, 4.69) is 0 Å². The van der Waals surface area contributed by atoms with Crippen molar-refractivity contribution in [3.63, 3.8) is 0 Å². The molecule has 0 saturated carbocycles. The van der Waals surface area contributed by atoms with Gasteiger partial charge < -0.3 is 9.47 Å². The van der Waals surface area contributed by atoms with Crippen LogP contribution in [-0.4, -0.2) is 46.2 Å². The second kappa shape index (κ2) is 8.14. The van der Waals surface area contributed by atoms with Crippen LogP contribution in [0.4, 0.5) is 4.79 Å². The fourth-order valence-corrected chi connectivity index (χ4v) is 3.25. The Balaban J connectivity index is 2.16. The van der Waals surface area contributed by atoms with Crippen LogP contribution >= 0.6 is 0 Å². The molecule has 3 rings (SSSR count). The lowest BCUT2D eigenvalue weighted by Gasteiger charge is -2.31. The van der Waals surface area contributed by atoms with Gasteiger partial charge in [0.1, 0.15) is 11.2 Å². The van der Waals surface area contributed by atoms with Gasteiger partial charge in [-0.3, -0.25) is 14.2 Å². The van der Waals surface area contributed by atoms with E-state index in [4.69, 9.17) is 9.47 Å². The highest BCUT2D eigenvalue weighted by molar-refractivity contribution is 6.06. The highest BCUT2D eigenvalue weighted by Gasteiger charge is 2.35. The number of carbonyl (C=O) groups excluding carboxylic acids is 3. The standard InChI is InChI=1S/C22H24N2O6/c1-5-29-20(27)16-13-15-17(24(19(16)26)14-9-7-6-8-10-14)11-12-23(18(15)25)21(28)30-22(2,3)4/h6-10,13H,5,11-12H2,1-4H3. The Bertz CT molecular complexity index is 1050. The molecule has 0 fully saturated rings. The zero-order valence-electron chi connectivity index (χ0n) is 17.4. The Morgan fingerprint density at radius 1 is 1.10 bits per heavy atom. The summed E-state index contributed by atoms with van der Waals surface area (Å²) in [5, 5.41) is 0. The number of hydrogen-bond acceptors (Lipinski definition) is 6. The molecule has 0 atom stereocenters. The van der Waals surface area contributed by atoms with Crippen LogP contribution in [0.3, 0.4) is 0 Å². The Hall–Kier alpha value is -3.42. The van der Waals surface area contributed by atoms with Gasteiger partial charge in [0.15, 0.2) is 0 Å². The van der Waals surface area contributed by atoms with Gasteiger partial charge in [-0.05, 0) is 45.9 Å². The maximum Gasteiger partial charge on any atom is 0.417 e. The summed E-state index contributed by atoms with van der Waals surface area (Å²) in [5.74, 6) is -1.45. The first-order chi connectivity index (χ1) is 14.1. The fourth-order valence-electron chi connectivity index (χ4n) is 3.25. The molecule has 8 heteroatoms. The predicted octanol–water partition coefficient (Wildman–Crippen LogP) is 2.95. The molecule has 1 aromatic heterocycles. The molecule has 1 aliphatic heterocycles. The van der Waals surface area contributed by atoms with E-state index in [-0.39, 0.29) is 30.7 Å². The number of carbonyl (C=O) groups is 3. The van der Waals surface area contributed by atoms with E-state index in [1.165, 1.54) is 10.6 Å². The molecule has 158 valence electrons. The summed E-state index contributed by atoms with van der Waals surface area (Å²) in [5.41, 5.74) is -0.557. The monoisotopic (exact) mass is 412 g/mol. The molecule has 2 aromatic rings. The lowest BCUT2D eigenvalue weighted by Crippen LogP contribution is -2.46. The average Bonchev–Trinajstić information content (AvgIpc) is 2.67. The van der Waals surface area contributed by atoms with Crippen molar-refractivity contribution >= 4 is 18.0 Å². The summed E-state index contributed by atoms with van der Waals surface area (Å²) in [7, 11) is 0. The van der Waals surface area contributed by atoms with Crippen molar-refractivity contribution in [2.75, 3.05) is 13.2 Å². The number of ether oxygens (including phenoxy) is 2. The van der Waals surface area contributed by atoms with Crippen LogP contribution in [0.2, 0.25) is 0 Å². The van der Waals surface area contributed by atoms with Crippen molar-refractivity contribution in [1.29, 1.82) is 0 Å². The third-order valence-electron chi connectivity index (χ3n) is 4.47. The SMILES string of the molecule is CCOC(=O)c1cc2c(n(-c3ccccc3)c1=O)CCN(C(=O)OC(C)(C)C)C2=O. The van der Waals surface area contributed by atoms with Crippen molar-refractivity contribution in [3.05, 3.63) is 63.6 Å². The summed E-state index contributed by atoms with van der Waals surface area (Å²) in [6.45, 7) is 6.89. The van der Waals surface area contributed by atoms with E-state index in [1.807, 2.05) is 0 Å². The van der Waals surface area contributed by atoms with Gasteiger partial charge in [0.05, 0.1) is 12.2 Å². The maximum atomic E-state index is 13.1. The number of aromatic nitrogens is 1. The van der Waals surface area contributed by atoms with Crippen LogP contribution in [0.15, 0.2) is 41.2 Å². The molecule has 0 N–H and O–H groups in total. The van der Waals surface area contributed by atoms with Crippen molar-refractivity contribution in [1.82, 2.24) is 9.47 Å². The number of rotatable bonds is 3. The quantitative estimate of drug-likeness (QED) is 0.720. The molecule has 0 spiro atoms. The largest absolute Gasteiger partial charge is 0.462 e. The van der Waals surface area contributed by atoms with E-state index in [0.29, 0.717) is 11.4 Å². The first-order valence-electron chi connectivity index (χ1n) is 9.70. The lowest BCUT2D eigenvalue weighted by molar-refractivity contribution is 0.0232. The normalized spacial score (nSPS) is 13.6. The predicted molar refractivity (Wildman–Crippen MR) is 109 cm³/mol. The van der Waals surface area contributed by atoms with Gasteiger partial charge >= 0.3 is 12.1 Å². The van der Waals surface area contributed by atoms with Gasteiger partial charge in [0, 0.05) is 24.3 Å². The van der Waals surface area contributed by atoms with Gasteiger partial charge in [-0.1, -0.05) is 18.2 Å². The van der Waals surface area contributed by atoms with E-state index in [0.717, 1.165) is 4.90 Å². The van der Waals surface area contributed by atoms with Crippen molar-refractivity contribution in [2.45, 2.75) is 39.7 Å². The number of pyridine rings is 1. The van der Waals surface area contributed by atoms with Crippen molar-refractivity contribution in [3.8, 4) is 5.69 Å². The molecule has 0 radical (unpaired) electrons. The molecule has 0 bridgehead atoms. The molecular weight excluding hydrogens is 388 g/mol. The van der Waals surface area contributed by atoms with Gasteiger partial charge in [0.25, 0.3) is 11.5 Å². The number of esters is 1. The minimum Gasteiger partial charge on any atom is -0.462 e. The number of para-hydroxylation sites is 1. The minimum absolute atomic E-state index is 0.0613. The van der Waals surface area contributed by atoms with Crippen LogP contribution in [0.25, 0.3) is 5.69 Å². The lowest BCUT2D eigenvalue weighted by atomic mass is 10.0. The van der Waals surface area contributed by atoms with E-state index >= 15 is 0 Å². The first kappa shape index (κ1) is 21.3. The molecule has 8 nitrogen and oxygen atoms in total. The summed E-state index contributed by atoms with van der Waals surface area (Å²) in [6, 6.07) is 9.94. The van der Waals surface area contributed by atoms with Gasteiger partial charge in [0.2, 0.25) is 0 Å². The molecule has 30 heavy (non-hydrogen) atoms. The third kappa shape index (κ3) is 4.12. The fraction of sp³-hybridized carbons (Fsp3) is 0.364. The number of fused-ring (bicyclic) bond motifs is 1. The van der Waals surface area contributed by atoms with Crippen LogP contribution in [-0.2, 0) is 15.9 Å².